The van der Waals surface area contributed by atoms with Crippen molar-refractivity contribution in [1.29, 1.82) is 0 Å². The number of phenolic OH excluding ortho intramolecular Hbond substituents is 1. The van der Waals surface area contributed by atoms with Gasteiger partial charge >= 0.3 is 11.9 Å². The molecule has 2 aromatic rings. The van der Waals surface area contributed by atoms with Gasteiger partial charge in [0.25, 0.3) is 0 Å². The topological polar surface area (TPSA) is 152 Å². The van der Waals surface area contributed by atoms with Crippen LogP contribution in [-0.4, -0.2) is 69.7 Å². The lowest BCUT2D eigenvalue weighted by Crippen LogP contribution is -2.61. The zero-order chi connectivity index (χ0) is 24.7. The summed E-state index contributed by atoms with van der Waals surface area (Å²) >= 11 is 0. The van der Waals surface area contributed by atoms with Gasteiger partial charge in [0.1, 0.15) is 36.4 Å². The molecule has 1 heterocycles. The lowest BCUT2D eigenvalue weighted by molar-refractivity contribution is -0.282. The minimum atomic E-state index is -1.63. The highest BCUT2D eigenvalue weighted by molar-refractivity contribution is 5.87. The Bertz CT molecular complexity index is 1000. The number of para-hydroxylation sites is 1. The fourth-order valence-electron chi connectivity index (χ4n) is 3.26. The molecule has 3 rings (SSSR count). The van der Waals surface area contributed by atoms with Gasteiger partial charge in [0, 0.05) is 18.6 Å². The zero-order valence-electron chi connectivity index (χ0n) is 18.3. The molecule has 34 heavy (non-hydrogen) atoms. The number of aliphatic hydroxyl groups is 3. The van der Waals surface area contributed by atoms with Crippen LogP contribution in [0.4, 0.5) is 0 Å². The number of rotatable bonds is 8. The molecular weight excluding hydrogens is 448 g/mol. The van der Waals surface area contributed by atoms with Crippen molar-refractivity contribution >= 4 is 18.0 Å². The highest BCUT2D eigenvalue weighted by atomic mass is 16.7. The van der Waals surface area contributed by atoms with Crippen LogP contribution in [0.5, 0.6) is 11.5 Å². The van der Waals surface area contributed by atoms with Crippen molar-refractivity contribution in [2.75, 3.05) is 6.61 Å². The Morgan fingerprint density at radius 1 is 1.06 bits per heavy atom. The maximum atomic E-state index is 12.4. The molecule has 1 fully saturated rings. The SMILES string of the molecule is CC(=O)OC[C@H]1O[C@@H](Oc2ccccc2CO)[C@H](OC(=O)C=Cc2ccc(O)cc2)[C@@H](O)[C@@H]1O. The number of phenols is 1. The lowest BCUT2D eigenvalue weighted by Gasteiger charge is -2.41. The van der Waals surface area contributed by atoms with Gasteiger partial charge in [-0.15, -0.1) is 0 Å². The molecule has 1 saturated heterocycles. The van der Waals surface area contributed by atoms with Gasteiger partial charge in [-0.3, -0.25) is 4.79 Å². The fourth-order valence-corrected chi connectivity index (χ4v) is 3.26. The molecule has 10 heteroatoms. The summed E-state index contributed by atoms with van der Waals surface area (Å²) in [5, 5.41) is 40.1. The van der Waals surface area contributed by atoms with Gasteiger partial charge in [0.15, 0.2) is 6.10 Å². The highest BCUT2D eigenvalue weighted by Crippen LogP contribution is 2.28. The minimum absolute atomic E-state index is 0.0719. The standard InChI is InChI=1S/C24H26O10/c1-14(26)31-13-19-21(29)22(30)23(24(33-19)32-18-5-3-2-4-16(18)12-25)34-20(28)11-8-15-6-9-17(27)10-7-15/h2-11,19,21-25,27,29-30H,12-13H2,1H3/t19-,21-,22+,23-,24-/m1/s1. The van der Waals surface area contributed by atoms with Gasteiger partial charge in [0.05, 0.1) is 6.61 Å². The van der Waals surface area contributed by atoms with Crippen molar-refractivity contribution < 1.29 is 49.0 Å². The van der Waals surface area contributed by atoms with Gasteiger partial charge in [-0.2, -0.15) is 0 Å². The van der Waals surface area contributed by atoms with Gasteiger partial charge in [-0.25, -0.2) is 4.79 Å². The van der Waals surface area contributed by atoms with Gasteiger partial charge in [-0.1, -0.05) is 30.3 Å². The van der Waals surface area contributed by atoms with Crippen molar-refractivity contribution in [3.63, 3.8) is 0 Å². The smallest absolute Gasteiger partial charge is 0.331 e. The molecule has 0 radical (unpaired) electrons. The number of ether oxygens (including phenoxy) is 4. The van der Waals surface area contributed by atoms with Crippen LogP contribution in [0.25, 0.3) is 6.08 Å². The maximum Gasteiger partial charge on any atom is 0.331 e. The number of aliphatic hydroxyl groups excluding tert-OH is 3. The predicted molar refractivity (Wildman–Crippen MR) is 117 cm³/mol. The van der Waals surface area contributed by atoms with E-state index in [9.17, 15) is 30.0 Å². The van der Waals surface area contributed by atoms with Crippen molar-refractivity contribution in [2.45, 2.75) is 44.2 Å². The molecule has 182 valence electrons. The second-order valence-corrected chi connectivity index (χ2v) is 7.54. The van der Waals surface area contributed by atoms with Crippen LogP contribution < -0.4 is 4.74 Å². The molecule has 0 unspecified atom stereocenters. The number of benzene rings is 2. The first kappa shape index (κ1) is 25.2. The molecular formula is C24H26O10. The fraction of sp³-hybridized carbons (Fsp3) is 0.333. The van der Waals surface area contributed by atoms with Crippen LogP contribution in [0.2, 0.25) is 0 Å². The molecule has 0 spiro atoms. The average Bonchev–Trinajstić information content (AvgIpc) is 2.82. The van der Waals surface area contributed by atoms with E-state index >= 15 is 0 Å². The Labute approximate surface area is 195 Å². The van der Waals surface area contributed by atoms with Gasteiger partial charge < -0.3 is 39.4 Å². The van der Waals surface area contributed by atoms with Crippen LogP contribution in [0.15, 0.2) is 54.6 Å². The Hall–Kier alpha value is -3.44. The van der Waals surface area contributed by atoms with Crippen LogP contribution in [0.1, 0.15) is 18.1 Å². The largest absolute Gasteiger partial charge is 0.508 e. The van der Waals surface area contributed by atoms with Crippen molar-refractivity contribution in [1.82, 2.24) is 0 Å². The molecule has 10 nitrogen and oxygen atoms in total. The van der Waals surface area contributed by atoms with Crippen LogP contribution >= 0.6 is 0 Å². The van der Waals surface area contributed by atoms with E-state index in [1.54, 1.807) is 36.4 Å². The summed E-state index contributed by atoms with van der Waals surface area (Å²) in [5.41, 5.74) is 1.03. The summed E-state index contributed by atoms with van der Waals surface area (Å²) in [4.78, 5) is 23.6. The number of hydrogen-bond donors (Lipinski definition) is 4. The van der Waals surface area contributed by atoms with Crippen molar-refractivity contribution in [2.24, 2.45) is 0 Å². The van der Waals surface area contributed by atoms with E-state index in [2.05, 4.69) is 0 Å². The van der Waals surface area contributed by atoms with Crippen LogP contribution in [0.3, 0.4) is 0 Å². The Morgan fingerprint density at radius 3 is 2.44 bits per heavy atom. The molecule has 1 aliphatic heterocycles. The Kier molecular flexibility index (Phi) is 8.61. The van der Waals surface area contributed by atoms with E-state index in [1.165, 1.54) is 25.1 Å². The van der Waals surface area contributed by atoms with Gasteiger partial charge in [0.2, 0.25) is 6.29 Å². The third-order valence-electron chi connectivity index (χ3n) is 5.04. The molecule has 0 aliphatic carbocycles. The molecule has 0 aromatic heterocycles. The van der Waals surface area contributed by atoms with E-state index < -0.39 is 42.6 Å². The predicted octanol–water partition coefficient (Wildman–Crippen LogP) is 0.898. The number of hydrogen-bond acceptors (Lipinski definition) is 10. The summed E-state index contributed by atoms with van der Waals surface area (Å²) in [6.45, 7) is 0.476. The molecule has 0 amide bonds. The number of carbonyl (C=O) groups is 2. The summed E-state index contributed by atoms with van der Waals surface area (Å²) in [6.07, 6.45) is -4.64. The second-order valence-electron chi connectivity index (χ2n) is 7.54. The number of carbonyl (C=O) groups excluding carboxylic acids is 2. The Morgan fingerprint density at radius 2 is 1.76 bits per heavy atom. The summed E-state index contributed by atoms with van der Waals surface area (Å²) in [7, 11) is 0. The molecule has 5 atom stereocenters. The minimum Gasteiger partial charge on any atom is -0.508 e. The van der Waals surface area contributed by atoms with Gasteiger partial charge in [-0.05, 0) is 29.8 Å². The van der Waals surface area contributed by atoms with Crippen molar-refractivity contribution in [3.8, 4) is 11.5 Å². The summed E-state index contributed by atoms with van der Waals surface area (Å²) in [6, 6.07) is 12.6. The first-order valence-electron chi connectivity index (χ1n) is 10.5. The van der Waals surface area contributed by atoms with E-state index in [0.29, 0.717) is 11.1 Å². The summed E-state index contributed by atoms with van der Waals surface area (Å²) in [5.74, 6) is -1.18. The quantitative estimate of drug-likeness (QED) is 0.321. The first-order valence-corrected chi connectivity index (χ1v) is 10.5. The third-order valence-corrected chi connectivity index (χ3v) is 5.04. The second kappa shape index (κ2) is 11.6. The third kappa shape index (κ3) is 6.55. The first-order chi connectivity index (χ1) is 16.3. The molecule has 1 aliphatic rings. The lowest BCUT2D eigenvalue weighted by atomic mass is 9.99. The summed E-state index contributed by atoms with van der Waals surface area (Å²) < 4.78 is 21.7. The van der Waals surface area contributed by atoms with E-state index in [4.69, 9.17) is 18.9 Å². The molecule has 4 N–H and O–H groups in total. The van der Waals surface area contributed by atoms with E-state index in [0.717, 1.165) is 6.08 Å². The number of esters is 2. The van der Waals surface area contributed by atoms with Crippen LogP contribution in [0, 0.1) is 0 Å². The molecule has 0 bridgehead atoms. The Balaban J connectivity index is 1.79. The highest BCUT2D eigenvalue weighted by Gasteiger charge is 2.48. The van der Waals surface area contributed by atoms with E-state index in [1.807, 2.05) is 0 Å². The van der Waals surface area contributed by atoms with Crippen LogP contribution in [-0.2, 0) is 30.4 Å². The zero-order valence-corrected chi connectivity index (χ0v) is 18.3. The monoisotopic (exact) mass is 474 g/mol. The number of aromatic hydroxyl groups is 1. The maximum absolute atomic E-state index is 12.4. The van der Waals surface area contributed by atoms with E-state index in [-0.39, 0.29) is 24.7 Å². The normalized spacial score (nSPS) is 24.5. The average molecular weight is 474 g/mol. The molecule has 0 saturated carbocycles. The van der Waals surface area contributed by atoms with Crippen molar-refractivity contribution in [3.05, 3.63) is 65.7 Å². The molecule has 2 aromatic carbocycles.